The molecule has 0 spiro atoms. The van der Waals surface area contributed by atoms with E-state index in [9.17, 15) is 9.59 Å². The third-order valence-corrected chi connectivity index (χ3v) is 4.82. The van der Waals surface area contributed by atoms with Gasteiger partial charge in [-0.3, -0.25) is 14.3 Å². The molecule has 142 valence electrons. The Morgan fingerprint density at radius 1 is 1.30 bits per heavy atom. The molecule has 27 heavy (non-hydrogen) atoms. The number of anilines is 2. The summed E-state index contributed by atoms with van der Waals surface area (Å²) in [5, 5.41) is 1.33. The average molecular weight is 388 g/mol. The summed E-state index contributed by atoms with van der Waals surface area (Å²) in [6.45, 7) is 2.81. The van der Waals surface area contributed by atoms with Crippen LogP contribution in [0, 0.1) is 0 Å². The Balaban J connectivity index is 1.99. The predicted octanol–water partition coefficient (Wildman–Crippen LogP) is 2.76. The molecule has 2 heterocycles. The lowest BCUT2D eigenvalue weighted by molar-refractivity contribution is 0.603. The lowest BCUT2D eigenvalue weighted by Crippen LogP contribution is -2.37. The van der Waals surface area contributed by atoms with E-state index in [1.807, 2.05) is 37.3 Å². The predicted molar refractivity (Wildman–Crippen MR) is 110 cm³/mol. The van der Waals surface area contributed by atoms with Crippen LogP contribution in [0.2, 0.25) is 5.15 Å². The summed E-state index contributed by atoms with van der Waals surface area (Å²) in [6.07, 6.45) is 1.70. The number of aromatic amines is 1. The third kappa shape index (κ3) is 3.83. The van der Waals surface area contributed by atoms with Gasteiger partial charge in [0.25, 0.3) is 5.56 Å². The van der Waals surface area contributed by atoms with Crippen molar-refractivity contribution in [2.45, 2.75) is 32.9 Å². The highest BCUT2D eigenvalue weighted by Gasteiger charge is 2.17. The van der Waals surface area contributed by atoms with Crippen LogP contribution in [0.4, 0.5) is 11.5 Å². The van der Waals surface area contributed by atoms with Crippen molar-refractivity contribution in [3.63, 3.8) is 0 Å². The van der Waals surface area contributed by atoms with E-state index in [2.05, 4.69) is 9.97 Å². The molecule has 0 aliphatic heterocycles. The number of rotatable bonds is 6. The van der Waals surface area contributed by atoms with Crippen LogP contribution in [-0.4, -0.2) is 21.6 Å². The zero-order valence-corrected chi connectivity index (χ0v) is 16.1. The maximum absolute atomic E-state index is 12.4. The van der Waals surface area contributed by atoms with E-state index in [1.165, 1.54) is 4.57 Å². The van der Waals surface area contributed by atoms with Crippen molar-refractivity contribution in [2.75, 3.05) is 17.7 Å². The van der Waals surface area contributed by atoms with Gasteiger partial charge in [-0.1, -0.05) is 43.1 Å². The highest BCUT2D eigenvalue weighted by Crippen LogP contribution is 2.24. The first-order chi connectivity index (χ1) is 12.9. The number of fused-ring (bicyclic) bond motifs is 1. The van der Waals surface area contributed by atoms with Crippen LogP contribution < -0.4 is 21.9 Å². The maximum Gasteiger partial charge on any atom is 0.330 e. The topological polar surface area (TPSA) is 97.0 Å². The highest BCUT2D eigenvalue weighted by atomic mass is 35.5. The molecular weight excluding hydrogens is 366 g/mol. The minimum absolute atomic E-state index is 0.157. The second-order valence-electron chi connectivity index (χ2n) is 6.49. The molecule has 0 unspecified atom stereocenters. The molecule has 0 saturated heterocycles. The fourth-order valence-corrected chi connectivity index (χ4v) is 3.27. The molecule has 0 amide bonds. The quantitative estimate of drug-likeness (QED) is 0.634. The van der Waals surface area contributed by atoms with Crippen molar-refractivity contribution < 1.29 is 0 Å². The molecule has 0 saturated carbocycles. The van der Waals surface area contributed by atoms with Crippen LogP contribution in [-0.2, 0) is 13.1 Å². The highest BCUT2D eigenvalue weighted by molar-refractivity contribution is 6.30. The molecule has 3 N–H and O–H groups in total. The Morgan fingerprint density at radius 2 is 2.04 bits per heavy atom. The van der Waals surface area contributed by atoms with Crippen LogP contribution in [0.5, 0.6) is 0 Å². The fourth-order valence-electron chi connectivity index (χ4n) is 3.07. The van der Waals surface area contributed by atoms with Crippen LogP contribution in [0.3, 0.4) is 0 Å². The second kappa shape index (κ2) is 7.84. The molecule has 8 heteroatoms. The Morgan fingerprint density at radius 3 is 2.78 bits per heavy atom. The Bertz CT molecular complexity index is 1090. The lowest BCUT2D eigenvalue weighted by Gasteiger charge is -2.22. The Kier molecular flexibility index (Phi) is 5.51. The zero-order valence-electron chi connectivity index (χ0n) is 15.3. The van der Waals surface area contributed by atoms with Crippen molar-refractivity contribution in [3.8, 4) is 0 Å². The number of nitrogen functional groups attached to an aromatic ring is 1. The molecule has 3 rings (SSSR count). The van der Waals surface area contributed by atoms with E-state index in [4.69, 9.17) is 17.3 Å². The van der Waals surface area contributed by atoms with E-state index < -0.39 is 11.2 Å². The summed E-state index contributed by atoms with van der Waals surface area (Å²) in [7, 11) is 1.74. The number of para-hydroxylation sites is 1. The minimum Gasteiger partial charge on any atom is -0.383 e. The van der Waals surface area contributed by atoms with Crippen molar-refractivity contribution in [1.82, 2.24) is 14.5 Å². The summed E-state index contributed by atoms with van der Waals surface area (Å²) in [5.41, 5.74) is 6.97. The fraction of sp³-hybridized carbons (Fsp3) is 0.316. The van der Waals surface area contributed by atoms with Crippen LogP contribution >= 0.6 is 11.6 Å². The molecule has 7 nitrogen and oxygen atoms in total. The zero-order chi connectivity index (χ0) is 19.6. The van der Waals surface area contributed by atoms with Gasteiger partial charge in [0.15, 0.2) is 0 Å². The van der Waals surface area contributed by atoms with E-state index in [0.29, 0.717) is 18.2 Å². The third-order valence-electron chi connectivity index (χ3n) is 4.49. The van der Waals surface area contributed by atoms with Gasteiger partial charge < -0.3 is 10.6 Å². The first kappa shape index (κ1) is 19.0. The van der Waals surface area contributed by atoms with E-state index in [-0.39, 0.29) is 11.5 Å². The van der Waals surface area contributed by atoms with Crippen LogP contribution in [0.1, 0.15) is 25.3 Å². The lowest BCUT2D eigenvalue weighted by atomic mass is 10.1. The van der Waals surface area contributed by atoms with E-state index in [0.717, 1.165) is 29.3 Å². The van der Waals surface area contributed by atoms with Gasteiger partial charge in [-0.05, 0) is 18.6 Å². The summed E-state index contributed by atoms with van der Waals surface area (Å²) >= 11 is 6.33. The first-order valence-corrected chi connectivity index (χ1v) is 9.18. The van der Waals surface area contributed by atoms with Crippen LogP contribution in [0.25, 0.3) is 10.9 Å². The van der Waals surface area contributed by atoms with Gasteiger partial charge in [-0.15, -0.1) is 0 Å². The van der Waals surface area contributed by atoms with Crippen molar-refractivity contribution in [2.24, 2.45) is 0 Å². The monoisotopic (exact) mass is 387 g/mol. The number of unbranched alkanes of at least 4 members (excludes halogenated alkanes) is 1. The molecule has 0 aliphatic carbocycles. The van der Waals surface area contributed by atoms with Gasteiger partial charge in [-0.25, -0.2) is 9.78 Å². The number of hydrogen-bond donors (Lipinski definition) is 2. The number of hydrogen-bond acceptors (Lipinski definition) is 5. The molecule has 0 radical (unpaired) electrons. The van der Waals surface area contributed by atoms with Crippen molar-refractivity contribution in [3.05, 3.63) is 61.9 Å². The number of H-pyrrole nitrogens is 1. The van der Waals surface area contributed by atoms with Gasteiger partial charge in [-0.2, -0.15) is 0 Å². The van der Waals surface area contributed by atoms with Gasteiger partial charge in [0.2, 0.25) is 0 Å². The van der Waals surface area contributed by atoms with Gasteiger partial charge in [0, 0.05) is 31.1 Å². The minimum atomic E-state index is -0.516. The number of benzene rings is 1. The Labute approximate surface area is 161 Å². The van der Waals surface area contributed by atoms with E-state index in [1.54, 1.807) is 11.9 Å². The number of aromatic nitrogens is 3. The molecule has 0 bridgehead atoms. The SMILES string of the molecule is CCCCn1c(N)c(N(C)Cc2cc3ccccc3nc2Cl)c(=O)[nH]c1=O. The van der Waals surface area contributed by atoms with Crippen molar-refractivity contribution in [1.29, 1.82) is 0 Å². The van der Waals surface area contributed by atoms with Crippen molar-refractivity contribution >= 4 is 34.0 Å². The molecule has 0 aliphatic rings. The molecular formula is C19H22ClN5O2. The number of nitrogens with two attached hydrogens (primary N) is 1. The standard InChI is InChI=1S/C19H22ClN5O2/c1-3-4-9-25-17(21)15(18(26)23-19(25)27)24(2)11-13-10-12-7-5-6-8-14(12)22-16(13)20/h5-8,10H,3-4,9,11,21H2,1-2H3,(H,23,26,27). The summed E-state index contributed by atoms with van der Waals surface area (Å²) < 4.78 is 1.40. The van der Waals surface area contributed by atoms with Gasteiger partial charge in [0.05, 0.1) is 5.52 Å². The average Bonchev–Trinajstić information content (AvgIpc) is 2.62. The second-order valence-corrected chi connectivity index (χ2v) is 6.84. The maximum atomic E-state index is 12.4. The first-order valence-electron chi connectivity index (χ1n) is 8.80. The number of nitrogens with one attached hydrogen (secondary N) is 1. The largest absolute Gasteiger partial charge is 0.383 e. The number of halogens is 1. The molecule has 0 fully saturated rings. The number of nitrogens with zero attached hydrogens (tertiary/aromatic N) is 3. The molecule has 2 aromatic heterocycles. The number of pyridine rings is 1. The summed E-state index contributed by atoms with van der Waals surface area (Å²) in [5.74, 6) is 0.157. The van der Waals surface area contributed by atoms with Gasteiger partial charge in [0.1, 0.15) is 16.7 Å². The summed E-state index contributed by atoms with van der Waals surface area (Å²) in [4.78, 5) is 32.9. The molecule has 3 aromatic rings. The molecule has 1 aromatic carbocycles. The Hall–Kier alpha value is -2.80. The van der Waals surface area contributed by atoms with E-state index >= 15 is 0 Å². The smallest absolute Gasteiger partial charge is 0.330 e. The van der Waals surface area contributed by atoms with Crippen LogP contribution in [0.15, 0.2) is 39.9 Å². The van der Waals surface area contributed by atoms with Gasteiger partial charge >= 0.3 is 5.69 Å². The summed E-state index contributed by atoms with van der Waals surface area (Å²) in [6, 6.07) is 9.61. The normalized spacial score (nSPS) is 11.1. The molecule has 0 atom stereocenters.